The number of carbonyl (C=O) groups is 1. The van der Waals surface area contributed by atoms with E-state index in [2.05, 4.69) is 41.0 Å². The number of fused-ring (bicyclic) bond motifs is 2. The van der Waals surface area contributed by atoms with E-state index in [0.717, 1.165) is 22.6 Å². The Morgan fingerprint density at radius 2 is 1.52 bits per heavy atom. The van der Waals surface area contributed by atoms with E-state index in [-0.39, 0.29) is 12.1 Å². The minimum Gasteiger partial charge on any atom is -0.489 e. The summed E-state index contributed by atoms with van der Waals surface area (Å²) < 4.78 is 5.95. The lowest BCUT2D eigenvalue weighted by molar-refractivity contribution is 0.0935. The molecule has 1 aliphatic heterocycles. The SMILES string of the molecule is O=C1N[C@H](c2ccc(OCc3ccc4ccccc4c3)cc2)Nc2ccccc21. The topological polar surface area (TPSA) is 50.4 Å². The van der Waals surface area contributed by atoms with E-state index in [0.29, 0.717) is 12.2 Å². The molecule has 0 radical (unpaired) electrons. The minimum absolute atomic E-state index is 0.0685. The van der Waals surface area contributed by atoms with Gasteiger partial charge in [-0.15, -0.1) is 0 Å². The van der Waals surface area contributed by atoms with Gasteiger partial charge < -0.3 is 15.4 Å². The first-order chi connectivity index (χ1) is 14.3. The number of rotatable bonds is 4. The molecule has 29 heavy (non-hydrogen) atoms. The van der Waals surface area contributed by atoms with Crippen LogP contribution >= 0.6 is 0 Å². The molecule has 0 aromatic heterocycles. The van der Waals surface area contributed by atoms with Crippen molar-refractivity contribution in [1.82, 2.24) is 5.32 Å². The monoisotopic (exact) mass is 380 g/mol. The van der Waals surface area contributed by atoms with Crippen LogP contribution in [0.4, 0.5) is 5.69 Å². The van der Waals surface area contributed by atoms with E-state index < -0.39 is 0 Å². The molecule has 0 fully saturated rings. The van der Waals surface area contributed by atoms with E-state index >= 15 is 0 Å². The van der Waals surface area contributed by atoms with Crippen molar-refractivity contribution in [3.63, 3.8) is 0 Å². The summed E-state index contributed by atoms with van der Waals surface area (Å²) in [7, 11) is 0. The summed E-state index contributed by atoms with van der Waals surface area (Å²) in [6.07, 6.45) is -0.257. The molecule has 5 rings (SSSR count). The molecule has 0 saturated carbocycles. The molecule has 1 amide bonds. The lowest BCUT2D eigenvalue weighted by Crippen LogP contribution is -2.38. The molecule has 0 spiro atoms. The molecule has 4 aromatic carbocycles. The molecule has 0 bridgehead atoms. The smallest absolute Gasteiger partial charge is 0.255 e. The third-order valence-electron chi connectivity index (χ3n) is 5.18. The number of amides is 1. The summed E-state index contributed by atoms with van der Waals surface area (Å²) in [6, 6.07) is 30.0. The van der Waals surface area contributed by atoms with Crippen molar-refractivity contribution in [2.75, 3.05) is 5.32 Å². The van der Waals surface area contributed by atoms with E-state index in [9.17, 15) is 4.79 Å². The Balaban J connectivity index is 1.27. The maximum absolute atomic E-state index is 12.3. The first-order valence-corrected chi connectivity index (χ1v) is 9.63. The van der Waals surface area contributed by atoms with Gasteiger partial charge in [-0.3, -0.25) is 4.79 Å². The number of benzene rings is 4. The summed E-state index contributed by atoms with van der Waals surface area (Å²) in [5, 5.41) is 8.80. The Labute approximate surface area is 169 Å². The largest absolute Gasteiger partial charge is 0.489 e. The first-order valence-electron chi connectivity index (χ1n) is 9.63. The maximum atomic E-state index is 12.3. The number of ether oxygens (including phenoxy) is 1. The van der Waals surface area contributed by atoms with Crippen LogP contribution in [0, 0.1) is 0 Å². The van der Waals surface area contributed by atoms with Crippen molar-refractivity contribution in [3.05, 3.63) is 108 Å². The fourth-order valence-corrected chi connectivity index (χ4v) is 3.63. The number of carbonyl (C=O) groups excluding carboxylic acids is 1. The number of anilines is 1. The van der Waals surface area contributed by atoms with Crippen LogP contribution in [-0.4, -0.2) is 5.91 Å². The van der Waals surface area contributed by atoms with Gasteiger partial charge in [0, 0.05) is 5.69 Å². The summed E-state index contributed by atoms with van der Waals surface area (Å²) >= 11 is 0. The Bertz CT molecular complexity index is 1180. The highest BCUT2D eigenvalue weighted by Gasteiger charge is 2.23. The molecule has 1 heterocycles. The Morgan fingerprint density at radius 1 is 0.759 bits per heavy atom. The zero-order chi connectivity index (χ0) is 19.6. The fraction of sp³-hybridized carbons (Fsp3) is 0.0800. The number of para-hydroxylation sites is 1. The zero-order valence-electron chi connectivity index (χ0n) is 15.8. The summed E-state index contributed by atoms with van der Waals surface area (Å²) in [5.74, 6) is 0.727. The first kappa shape index (κ1) is 17.3. The Kier molecular flexibility index (Phi) is 4.37. The van der Waals surface area contributed by atoms with Gasteiger partial charge in [0.05, 0.1) is 5.56 Å². The van der Waals surface area contributed by atoms with Crippen LogP contribution in [0.1, 0.15) is 27.7 Å². The van der Waals surface area contributed by atoms with Crippen LogP contribution < -0.4 is 15.4 Å². The van der Waals surface area contributed by atoms with E-state index in [4.69, 9.17) is 4.74 Å². The molecule has 4 aromatic rings. The van der Waals surface area contributed by atoms with Gasteiger partial charge in [0.1, 0.15) is 18.5 Å². The van der Waals surface area contributed by atoms with Crippen LogP contribution in [0.5, 0.6) is 5.75 Å². The van der Waals surface area contributed by atoms with Gasteiger partial charge in [-0.25, -0.2) is 0 Å². The molecule has 0 aliphatic carbocycles. The van der Waals surface area contributed by atoms with Crippen molar-refractivity contribution in [2.24, 2.45) is 0 Å². The van der Waals surface area contributed by atoms with Crippen LogP contribution in [0.25, 0.3) is 10.8 Å². The lowest BCUT2D eigenvalue weighted by atomic mass is 10.1. The molecule has 0 saturated heterocycles. The molecule has 2 N–H and O–H groups in total. The van der Waals surface area contributed by atoms with Crippen molar-refractivity contribution in [1.29, 1.82) is 0 Å². The van der Waals surface area contributed by atoms with Crippen LogP contribution in [0.2, 0.25) is 0 Å². The summed E-state index contributed by atoms with van der Waals surface area (Å²) in [4.78, 5) is 12.3. The van der Waals surface area contributed by atoms with E-state index in [1.54, 1.807) is 0 Å². The maximum Gasteiger partial charge on any atom is 0.255 e. The second kappa shape index (κ2) is 7.32. The molecule has 0 unspecified atom stereocenters. The highest BCUT2D eigenvalue weighted by molar-refractivity contribution is 6.01. The fourth-order valence-electron chi connectivity index (χ4n) is 3.63. The Morgan fingerprint density at radius 3 is 2.38 bits per heavy atom. The third-order valence-corrected chi connectivity index (χ3v) is 5.18. The van der Waals surface area contributed by atoms with Crippen LogP contribution in [0.3, 0.4) is 0 Å². The molecular weight excluding hydrogens is 360 g/mol. The quantitative estimate of drug-likeness (QED) is 0.507. The third kappa shape index (κ3) is 3.52. The van der Waals surface area contributed by atoms with Crippen molar-refractivity contribution >= 4 is 22.4 Å². The second-order valence-corrected chi connectivity index (χ2v) is 7.14. The average molecular weight is 380 g/mol. The van der Waals surface area contributed by atoms with Gasteiger partial charge in [-0.2, -0.15) is 0 Å². The predicted molar refractivity (Wildman–Crippen MR) is 115 cm³/mol. The minimum atomic E-state index is -0.257. The average Bonchev–Trinajstić information content (AvgIpc) is 2.78. The second-order valence-electron chi connectivity index (χ2n) is 7.14. The molecule has 4 heteroatoms. The zero-order valence-corrected chi connectivity index (χ0v) is 15.8. The van der Waals surface area contributed by atoms with Crippen molar-refractivity contribution in [2.45, 2.75) is 12.8 Å². The van der Waals surface area contributed by atoms with Crippen molar-refractivity contribution in [3.8, 4) is 5.75 Å². The van der Waals surface area contributed by atoms with E-state index in [1.807, 2.05) is 60.7 Å². The Hall–Kier alpha value is -3.79. The van der Waals surface area contributed by atoms with Gasteiger partial charge in [-0.05, 0) is 52.2 Å². The molecular formula is C25H20N2O2. The van der Waals surface area contributed by atoms with Crippen LogP contribution in [-0.2, 0) is 6.61 Å². The van der Waals surface area contributed by atoms with Gasteiger partial charge in [0.15, 0.2) is 0 Å². The highest BCUT2D eigenvalue weighted by atomic mass is 16.5. The number of hydrogen-bond donors (Lipinski definition) is 2. The lowest BCUT2D eigenvalue weighted by Gasteiger charge is -2.28. The van der Waals surface area contributed by atoms with Crippen molar-refractivity contribution < 1.29 is 9.53 Å². The van der Waals surface area contributed by atoms with Crippen LogP contribution in [0.15, 0.2) is 91.0 Å². The summed E-state index contributed by atoms with van der Waals surface area (Å²) in [6.45, 7) is 0.510. The van der Waals surface area contributed by atoms with Gasteiger partial charge in [-0.1, -0.05) is 60.7 Å². The normalized spacial score (nSPS) is 15.3. The molecule has 1 aliphatic rings. The molecule has 4 nitrogen and oxygen atoms in total. The number of nitrogens with one attached hydrogen (secondary N) is 2. The van der Waals surface area contributed by atoms with Gasteiger partial charge >= 0.3 is 0 Å². The molecule has 1 atom stereocenters. The van der Waals surface area contributed by atoms with Gasteiger partial charge in [0.25, 0.3) is 5.91 Å². The molecule has 142 valence electrons. The number of hydrogen-bond acceptors (Lipinski definition) is 3. The standard InChI is InChI=1S/C25H20N2O2/c28-25-22-7-3-4-8-23(22)26-24(27-25)19-11-13-21(14-12-19)29-16-17-9-10-18-5-1-2-6-20(18)15-17/h1-15,24,26H,16H2,(H,27,28)/t24-/m1/s1. The van der Waals surface area contributed by atoms with E-state index in [1.165, 1.54) is 10.8 Å². The summed E-state index contributed by atoms with van der Waals surface area (Å²) in [5.41, 5.74) is 3.62. The predicted octanol–water partition coefficient (Wildman–Crippen LogP) is 5.27. The van der Waals surface area contributed by atoms with Gasteiger partial charge in [0.2, 0.25) is 0 Å². The highest BCUT2D eigenvalue weighted by Crippen LogP contribution is 2.27.